The quantitative estimate of drug-likeness (QED) is 0.662. The van der Waals surface area contributed by atoms with E-state index in [-0.39, 0.29) is 17.3 Å². The fourth-order valence-corrected chi connectivity index (χ4v) is 5.40. The second kappa shape index (κ2) is 9.81. The molecule has 1 amide bonds. The van der Waals surface area contributed by atoms with E-state index >= 15 is 0 Å². The molecule has 30 heavy (non-hydrogen) atoms. The van der Waals surface area contributed by atoms with Crippen molar-refractivity contribution in [3.05, 3.63) is 58.6 Å². The molecule has 3 rings (SSSR count). The average molecular weight is 451 g/mol. The van der Waals surface area contributed by atoms with Crippen LogP contribution in [0.5, 0.6) is 5.75 Å². The van der Waals surface area contributed by atoms with Crippen LogP contribution in [0.4, 0.5) is 0 Å². The zero-order chi connectivity index (χ0) is 21.7. The Morgan fingerprint density at radius 1 is 1.10 bits per heavy atom. The molecule has 1 heterocycles. The molecule has 6 nitrogen and oxygen atoms in total. The maximum absolute atomic E-state index is 13.1. The number of rotatable bonds is 6. The summed E-state index contributed by atoms with van der Waals surface area (Å²) in [6.07, 6.45) is 3.81. The van der Waals surface area contributed by atoms with E-state index < -0.39 is 10.0 Å². The first-order valence-corrected chi connectivity index (χ1v) is 11.8. The molecule has 0 unspecified atom stereocenters. The lowest BCUT2D eigenvalue weighted by molar-refractivity contribution is 0.0784. The SMILES string of the molecule is COc1ccc(Cl)cc1CN(C)C(=O)c1cccc(S(=O)(=O)N2CCCCCC2)c1. The normalized spacial score (nSPS) is 15.4. The third-order valence-electron chi connectivity index (χ3n) is 5.28. The molecule has 1 fully saturated rings. The fourth-order valence-electron chi connectivity index (χ4n) is 3.64. The standard InChI is InChI=1S/C22H27ClN2O4S/c1-24(16-18-14-19(23)10-11-21(18)29-2)22(26)17-8-7-9-20(15-17)30(27,28)25-12-5-3-4-6-13-25/h7-11,14-15H,3-6,12-13,16H2,1-2H3. The molecule has 0 atom stereocenters. The minimum atomic E-state index is -3.62. The monoisotopic (exact) mass is 450 g/mol. The molecule has 0 spiro atoms. The fraction of sp³-hybridized carbons (Fsp3) is 0.409. The summed E-state index contributed by atoms with van der Waals surface area (Å²) in [5.74, 6) is 0.362. The Bertz CT molecular complexity index is 1000. The third-order valence-corrected chi connectivity index (χ3v) is 7.41. The molecule has 2 aromatic rings. The Morgan fingerprint density at radius 2 is 1.80 bits per heavy atom. The summed E-state index contributed by atoms with van der Waals surface area (Å²) in [6.45, 7) is 1.33. The molecule has 1 aliphatic rings. The van der Waals surface area contributed by atoms with Crippen molar-refractivity contribution >= 4 is 27.5 Å². The van der Waals surface area contributed by atoms with E-state index in [0.717, 1.165) is 31.2 Å². The van der Waals surface area contributed by atoms with E-state index in [1.54, 1.807) is 50.6 Å². The third kappa shape index (κ3) is 5.14. The van der Waals surface area contributed by atoms with E-state index in [9.17, 15) is 13.2 Å². The summed E-state index contributed by atoms with van der Waals surface area (Å²) in [6, 6.07) is 11.5. The minimum Gasteiger partial charge on any atom is -0.496 e. The van der Waals surface area contributed by atoms with Gasteiger partial charge in [-0.1, -0.05) is 30.5 Å². The summed E-state index contributed by atoms with van der Waals surface area (Å²) in [7, 11) is -0.391. The molecule has 0 aromatic heterocycles. The largest absolute Gasteiger partial charge is 0.496 e. The van der Waals surface area contributed by atoms with Gasteiger partial charge in [0.15, 0.2) is 0 Å². The van der Waals surface area contributed by atoms with Gasteiger partial charge in [-0.05, 0) is 49.2 Å². The van der Waals surface area contributed by atoms with E-state index in [0.29, 0.717) is 29.4 Å². The predicted octanol–water partition coefficient (Wildman–Crippen LogP) is 4.19. The van der Waals surface area contributed by atoms with Crippen LogP contribution >= 0.6 is 11.6 Å². The number of hydrogen-bond acceptors (Lipinski definition) is 4. The molecular weight excluding hydrogens is 424 g/mol. The van der Waals surface area contributed by atoms with Gasteiger partial charge in [0, 0.05) is 42.8 Å². The van der Waals surface area contributed by atoms with Crippen molar-refractivity contribution in [2.75, 3.05) is 27.2 Å². The number of sulfonamides is 1. The van der Waals surface area contributed by atoms with Crippen LogP contribution in [0, 0.1) is 0 Å². The second-order valence-electron chi connectivity index (χ2n) is 7.46. The van der Waals surface area contributed by atoms with Crippen molar-refractivity contribution in [3.8, 4) is 5.75 Å². The summed E-state index contributed by atoms with van der Waals surface area (Å²) in [4.78, 5) is 14.7. The van der Waals surface area contributed by atoms with Gasteiger partial charge in [-0.15, -0.1) is 0 Å². The lowest BCUT2D eigenvalue weighted by Gasteiger charge is -2.21. The number of hydrogen-bond donors (Lipinski definition) is 0. The van der Waals surface area contributed by atoms with Gasteiger partial charge in [-0.3, -0.25) is 4.79 Å². The Hall–Kier alpha value is -2.09. The zero-order valence-electron chi connectivity index (χ0n) is 17.3. The molecule has 2 aromatic carbocycles. The molecule has 1 saturated heterocycles. The second-order valence-corrected chi connectivity index (χ2v) is 9.84. The first kappa shape index (κ1) is 22.6. The van der Waals surface area contributed by atoms with Gasteiger partial charge in [0.25, 0.3) is 5.91 Å². The van der Waals surface area contributed by atoms with Crippen molar-refractivity contribution in [3.63, 3.8) is 0 Å². The van der Waals surface area contributed by atoms with Gasteiger partial charge >= 0.3 is 0 Å². The molecule has 162 valence electrons. The van der Waals surface area contributed by atoms with E-state index in [4.69, 9.17) is 16.3 Å². The number of carbonyl (C=O) groups excluding carboxylic acids is 1. The topological polar surface area (TPSA) is 66.9 Å². The number of carbonyl (C=O) groups is 1. The molecule has 0 radical (unpaired) electrons. The van der Waals surface area contributed by atoms with Gasteiger partial charge < -0.3 is 9.64 Å². The Kier molecular flexibility index (Phi) is 7.39. The minimum absolute atomic E-state index is 0.156. The first-order valence-electron chi connectivity index (χ1n) is 10.0. The van der Waals surface area contributed by atoms with Crippen LogP contribution in [0.25, 0.3) is 0 Å². The lowest BCUT2D eigenvalue weighted by Crippen LogP contribution is -2.32. The van der Waals surface area contributed by atoms with Gasteiger partial charge in [0.05, 0.1) is 12.0 Å². The van der Waals surface area contributed by atoms with E-state index in [1.165, 1.54) is 15.3 Å². The number of nitrogens with zero attached hydrogens (tertiary/aromatic N) is 2. The van der Waals surface area contributed by atoms with Crippen molar-refractivity contribution in [2.45, 2.75) is 37.1 Å². The molecule has 0 bridgehead atoms. The molecule has 1 aliphatic heterocycles. The molecule has 0 aliphatic carbocycles. The Morgan fingerprint density at radius 3 is 2.47 bits per heavy atom. The molecule has 0 N–H and O–H groups in total. The first-order chi connectivity index (χ1) is 14.3. The zero-order valence-corrected chi connectivity index (χ0v) is 18.9. The molecule has 8 heteroatoms. The van der Waals surface area contributed by atoms with E-state index in [2.05, 4.69) is 0 Å². The Labute approximate surface area is 183 Å². The number of ether oxygens (including phenoxy) is 1. The number of benzene rings is 2. The lowest BCUT2D eigenvalue weighted by atomic mass is 10.1. The number of amides is 1. The maximum Gasteiger partial charge on any atom is 0.253 e. The number of methoxy groups -OCH3 is 1. The van der Waals surface area contributed by atoms with E-state index in [1.807, 2.05) is 0 Å². The van der Waals surface area contributed by atoms with Crippen molar-refractivity contribution in [1.82, 2.24) is 9.21 Å². The van der Waals surface area contributed by atoms with Crippen LogP contribution in [-0.4, -0.2) is 50.8 Å². The highest BCUT2D eigenvalue weighted by molar-refractivity contribution is 7.89. The summed E-state index contributed by atoms with van der Waals surface area (Å²) < 4.78 is 33.0. The van der Waals surface area contributed by atoms with Gasteiger partial charge in [-0.25, -0.2) is 8.42 Å². The smallest absolute Gasteiger partial charge is 0.253 e. The predicted molar refractivity (Wildman–Crippen MR) is 117 cm³/mol. The summed E-state index contributed by atoms with van der Waals surface area (Å²) in [5, 5.41) is 0.553. The van der Waals surface area contributed by atoms with Crippen LogP contribution in [0.3, 0.4) is 0 Å². The van der Waals surface area contributed by atoms with Crippen LogP contribution in [0.1, 0.15) is 41.6 Å². The van der Waals surface area contributed by atoms with Crippen molar-refractivity contribution in [1.29, 1.82) is 0 Å². The van der Waals surface area contributed by atoms with Crippen LogP contribution in [0.15, 0.2) is 47.4 Å². The highest BCUT2D eigenvalue weighted by Gasteiger charge is 2.26. The van der Waals surface area contributed by atoms with Gasteiger partial charge in [-0.2, -0.15) is 4.31 Å². The van der Waals surface area contributed by atoms with Crippen LogP contribution in [0.2, 0.25) is 5.02 Å². The average Bonchev–Trinajstić information content (AvgIpc) is 3.03. The van der Waals surface area contributed by atoms with Crippen LogP contribution < -0.4 is 4.74 Å². The number of halogens is 1. The summed E-state index contributed by atoms with van der Waals surface area (Å²) in [5.41, 5.74) is 1.10. The molecule has 0 saturated carbocycles. The van der Waals surface area contributed by atoms with Crippen molar-refractivity contribution < 1.29 is 17.9 Å². The van der Waals surface area contributed by atoms with Gasteiger partial charge in [0.1, 0.15) is 5.75 Å². The van der Waals surface area contributed by atoms with Crippen molar-refractivity contribution in [2.24, 2.45) is 0 Å². The molecular formula is C22H27ClN2O4S. The van der Waals surface area contributed by atoms with Crippen LogP contribution in [-0.2, 0) is 16.6 Å². The highest BCUT2D eigenvalue weighted by atomic mass is 35.5. The maximum atomic E-state index is 13.1. The Balaban J connectivity index is 1.81. The van der Waals surface area contributed by atoms with Gasteiger partial charge in [0.2, 0.25) is 10.0 Å². The summed E-state index contributed by atoms with van der Waals surface area (Å²) >= 11 is 6.08. The highest BCUT2D eigenvalue weighted by Crippen LogP contribution is 2.25.